The molecule has 0 atom stereocenters. The van der Waals surface area contributed by atoms with Gasteiger partial charge < -0.3 is 5.73 Å². The zero-order chi connectivity index (χ0) is 13.8. The molecule has 1 aromatic rings. The van der Waals surface area contributed by atoms with Gasteiger partial charge in [-0.25, -0.2) is 8.42 Å². The molecule has 0 unspecified atom stereocenters. The number of nitrogens with zero attached hydrogens (tertiary/aromatic N) is 1. The molecule has 0 aromatic heterocycles. The molecule has 0 aliphatic rings. The monoisotopic (exact) mass is 278 g/mol. The molecule has 7 heteroatoms. The van der Waals surface area contributed by atoms with Crippen LogP contribution in [-0.4, -0.2) is 27.3 Å². The Morgan fingerprint density at radius 1 is 1.28 bits per heavy atom. The second kappa shape index (κ2) is 6.10. The van der Waals surface area contributed by atoms with Crippen LogP contribution in [0.4, 0.5) is 14.5 Å². The highest BCUT2D eigenvalue weighted by Gasteiger charge is 2.31. The maximum absolute atomic E-state index is 12.6. The van der Waals surface area contributed by atoms with Gasteiger partial charge in [0.1, 0.15) is 0 Å². The zero-order valence-corrected chi connectivity index (χ0v) is 10.8. The Hall–Kier alpha value is -1.21. The maximum atomic E-state index is 12.6. The summed E-state index contributed by atoms with van der Waals surface area (Å²) in [6.07, 6.45) is 0.319. The summed E-state index contributed by atoms with van der Waals surface area (Å²) in [6.45, 7) is 2.02. The molecule has 0 radical (unpaired) electrons. The van der Waals surface area contributed by atoms with Gasteiger partial charge >= 0.3 is 5.76 Å². The summed E-state index contributed by atoms with van der Waals surface area (Å²) in [5.74, 6) is -3.43. The van der Waals surface area contributed by atoms with Gasteiger partial charge in [-0.1, -0.05) is 17.7 Å². The van der Waals surface area contributed by atoms with Crippen LogP contribution >= 0.6 is 0 Å². The molecule has 0 aliphatic heterocycles. The van der Waals surface area contributed by atoms with Crippen LogP contribution in [0.3, 0.4) is 0 Å². The van der Waals surface area contributed by atoms with Crippen LogP contribution in [0.2, 0.25) is 0 Å². The van der Waals surface area contributed by atoms with Crippen LogP contribution in [0, 0.1) is 6.92 Å². The number of alkyl halides is 2. The van der Waals surface area contributed by atoms with E-state index in [4.69, 9.17) is 5.73 Å². The van der Waals surface area contributed by atoms with Gasteiger partial charge in [0, 0.05) is 6.54 Å². The lowest BCUT2D eigenvalue weighted by atomic mass is 10.2. The molecule has 0 bridgehead atoms. The van der Waals surface area contributed by atoms with Crippen molar-refractivity contribution in [2.45, 2.75) is 19.1 Å². The molecular weight excluding hydrogens is 262 g/mol. The second-order valence-corrected chi connectivity index (χ2v) is 5.68. The van der Waals surface area contributed by atoms with Gasteiger partial charge in [-0.15, -0.1) is 0 Å². The van der Waals surface area contributed by atoms with Crippen molar-refractivity contribution in [1.82, 2.24) is 0 Å². The largest absolute Gasteiger partial charge is 0.355 e. The first-order valence-corrected chi connectivity index (χ1v) is 6.96. The van der Waals surface area contributed by atoms with Crippen molar-refractivity contribution in [2.24, 2.45) is 5.73 Å². The van der Waals surface area contributed by atoms with Gasteiger partial charge in [-0.05, 0) is 32.0 Å². The van der Waals surface area contributed by atoms with Gasteiger partial charge in [-0.2, -0.15) is 8.78 Å². The van der Waals surface area contributed by atoms with Crippen molar-refractivity contribution in [3.8, 4) is 0 Å². The Kier molecular flexibility index (Phi) is 5.03. The third-order valence-electron chi connectivity index (χ3n) is 2.42. The minimum Gasteiger partial charge on any atom is -0.330 e. The molecule has 0 saturated heterocycles. The summed E-state index contributed by atoms with van der Waals surface area (Å²) in [7, 11) is -4.63. The van der Waals surface area contributed by atoms with Crippen molar-refractivity contribution < 1.29 is 17.2 Å². The van der Waals surface area contributed by atoms with Gasteiger partial charge in [0.15, 0.2) is 0 Å². The summed E-state index contributed by atoms with van der Waals surface area (Å²) in [6, 6.07) is 6.36. The van der Waals surface area contributed by atoms with E-state index in [1.165, 1.54) is 12.1 Å². The minimum atomic E-state index is -4.63. The average Bonchev–Trinajstić information content (AvgIpc) is 2.31. The van der Waals surface area contributed by atoms with Gasteiger partial charge in [-0.3, -0.25) is 4.31 Å². The van der Waals surface area contributed by atoms with Crippen molar-refractivity contribution in [3.05, 3.63) is 29.8 Å². The Bertz CT molecular complexity index is 474. The number of halogens is 2. The molecule has 0 saturated carbocycles. The van der Waals surface area contributed by atoms with Crippen LogP contribution in [0.1, 0.15) is 12.0 Å². The number of hydrogen-bond acceptors (Lipinski definition) is 3. The van der Waals surface area contributed by atoms with Crippen molar-refractivity contribution in [3.63, 3.8) is 0 Å². The lowest BCUT2D eigenvalue weighted by Gasteiger charge is -2.23. The minimum absolute atomic E-state index is 0.0494. The highest BCUT2D eigenvalue weighted by Crippen LogP contribution is 2.22. The number of aryl methyl sites for hydroxylation is 1. The van der Waals surface area contributed by atoms with Crippen molar-refractivity contribution in [1.29, 1.82) is 0 Å². The smallest absolute Gasteiger partial charge is 0.330 e. The van der Waals surface area contributed by atoms with E-state index in [0.29, 0.717) is 10.7 Å². The summed E-state index contributed by atoms with van der Waals surface area (Å²) >= 11 is 0. The van der Waals surface area contributed by atoms with Crippen molar-refractivity contribution in [2.75, 3.05) is 17.4 Å². The molecule has 102 valence electrons. The molecule has 18 heavy (non-hydrogen) atoms. The molecule has 0 spiro atoms. The molecule has 1 aromatic carbocycles. The molecule has 1 rings (SSSR count). The quantitative estimate of drug-likeness (QED) is 0.861. The van der Waals surface area contributed by atoms with Gasteiger partial charge in [0.05, 0.1) is 5.69 Å². The number of rotatable bonds is 6. The van der Waals surface area contributed by atoms with Gasteiger partial charge in [0.2, 0.25) is 0 Å². The molecule has 2 N–H and O–H groups in total. The summed E-state index contributed by atoms with van der Waals surface area (Å²) in [5, 5.41) is 0. The van der Waals surface area contributed by atoms with Crippen molar-refractivity contribution >= 4 is 15.7 Å². The zero-order valence-electron chi connectivity index (χ0n) is 10.0. The standard InChI is InChI=1S/C11H16F2N2O2S/c1-9-3-5-10(6-4-9)15(8-2-7-14)18(16,17)11(12)13/h3-6,11H,2,7-8,14H2,1H3. The number of anilines is 1. The third kappa shape index (κ3) is 3.39. The first-order chi connectivity index (χ1) is 8.39. The second-order valence-electron chi connectivity index (χ2n) is 3.86. The number of benzene rings is 1. The number of sulfonamides is 1. The lowest BCUT2D eigenvalue weighted by molar-refractivity contribution is 0.234. The van der Waals surface area contributed by atoms with E-state index in [9.17, 15) is 17.2 Å². The molecule has 0 fully saturated rings. The van der Waals surface area contributed by atoms with Crippen LogP contribution in [0.25, 0.3) is 0 Å². The summed E-state index contributed by atoms with van der Waals surface area (Å²) < 4.78 is 49.0. The fourth-order valence-electron chi connectivity index (χ4n) is 1.45. The highest BCUT2D eigenvalue weighted by atomic mass is 32.2. The highest BCUT2D eigenvalue weighted by molar-refractivity contribution is 7.93. The molecule has 4 nitrogen and oxygen atoms in total. The Labute approximate surface area is 105 Å². The lowest BCUT2D eigenvalue weighted by Crippen LogP contribution is -2.37. The fourth-order valence-corrected chi connectivity index (χ4v) is 2.44. The van der Waals surface area contributed by atoms with E-state index in [2.05, 4.69) is 0 Å². The first kappa shape index (κ1) is 14.8. The van der Waals surface area contributed by atoms with E-state index in [-0.39, 0.29) is 18.8 Å². The Morgan fingerprint density at radius 2 is 1.83 bits per heavy atom. The summed E-state index contributed by atoms with van der Waals surface area (Å²) in [4.78, 5) is 0. The summed E-state index contributed by atoms with van der Waals surface area (Å²) in [5.41, 5.74) is 6.44. The van der Waals surface area contributed by atoms with Gasteiger partial charge in [0.25, 0.3) is 10.0 Å². The van der Waals surface area contributed by atoms with E-state index in [1.54, 1.807) is 12.1 Å². The number of nitrogens with two attached hydrogens (primary N) is 1. The fraction of sp³-hybridized carbons (Fsp3) is 0.455. The Balaban J connectivity index is 3.09. The van der Waals surface area contributed by atoms with E-state index >= 15 is 0 Å². The van der Waals surface area contributed by atoms with Crippen LogP contribution in [0.15, 0.2) is 24.3 Å². The van der Waals surface area contributed by atoms with E-state index < -0.39 is 15.8 Å². The molecule has 0 aliphatic carbocycles. The SMILES string of the molecule is Cc1ccc(N(CCCN)S(=O)(=O)C(F)F)cc1. The van der Waals surface area contributed by atoms with E-state index in [0.717, 1.165) is 5.56 Å². The molecule has 0 heterocycles. The number of hydrogen-bond donors (Lipinski definition) is 1. The first-order valence-electron chi connectivity index (χ1n) is 5.46. The van der Waals surface area contributed by atoms with Crippen LogP contribution in [0.5, 0.6) is 0 Å². The third-order valence-corrected chi connectivity index (χ3v) is 3.88. The van der Waals surface area contributed by atoms with E-state index in [1.807, 2.05) is 6.92 Å². The van der Waals surface area contributed by atoms with Crippen LogP contribution < -0.4 is 10.0 Å². The normalized spacial score (nSPS) is 11.8. The Morgan fingerprint density at radius 3 is 2.28 bits per heavy atom. The topological polar surface area (TPSA) is 63.4 Å². The predicted molar refractivity (Wildman–Crippen MR) is 67.1 cm³/mol. The molecular formula is C11H16F2N2O2S. The predicted octanol–water partition coefficient (Wildman–Crippen LogP) is 1.70. The average molecular weight is 278 g/mol. The maximum Gasteiger partial charge on any atom is 0.355 e. The van der Waals surface area contributed by atoms with Crippen LogP contribution in [-0.2, 0) is 10.0 Å². The molecule has 0 amide bonds.